The Hall–Kier alpha value is -1.80. The molecule has 0 aromatic carbocycles. The van der Waals surface area contributed by atoms with Crippen LogP contribution in [0.4, 0.5) is 0 Å². The molecule has 5 nitrogen and oxygen atoms in total. The van der Waals surface area contributed by atoms with E-state index in [1.165, 1.54) is 12.5 Å². The van der Waals surface area contributed by atoms with Gasteiger partial charge in [-0.2, -0.15) is 5.26 Å². The maximum atomic E-state index is 12.1. The van der Waals surface area contributed by atoms with Crippen LogP contribution in [0.2, 0.25) is 0 Å². The molecule has 18 heavy (non-hydrogen) atoms. The number of amides is 1. The van der Waals surface area contributed by atoms with Gasteiger partial charge in [0, 0.05) is 26.2 Å². The maximum Gasteiger partial charge on any atom is 0.257 e. The van der Waals surface area contributed by atoms with Crippen molar-refractivity contribution in [2.24, 2.45) is 0 Å². The first-order chi connectivity index (χ1) is 8.76. The van der Waals surface area contributed by atoms with Gasteiger partial charge in [0.15, 0.2) is 0 Å². The summed E-state index contributed by atoms with van der Waals surface area (Å²) in [6.45, 7) is 4.87. The zero-order chi connectivity index (χ0) is 13.0. The molecule has 1 saturated heterocycles. The Morgan fingerprint density at radius 3 is 2.72 bits per heavy atom. The van der Waals surface area contributed by atoms with E-state index in [9.17, 15) is 4.79 Å². The fraction of sp³-hybridized carbons (Fsp3) is 0.538. The van der Waals surface area contributed by atoms with Gasteiger partial charge in [0.25, 0.3) is 5.91 Å². The monoisotopic (exact) mass is 247 g/mol. The number of furan rings is 1. The topological polar surface area (TPSA) is 60.5 Å². The summed E-state index contributed by atoms with van der Waals surface area (Å²) < 4.78 is 4.92. The summed E-state index contributed by atoms with van der Waals surface area (Å²) in [4.78, 5) is 16.0. The van der Waals surface area contributed by atoms with Crippen molar-refractivity contribution in [3.05, 3.63) is 24.2 Å². The van der Waals surface area contributed by atoms with Gasteiger partial charge in [-0.15, -0.1) is 0 Å². The molecule has 0 radical (unpaired) electrons. The van der Waals surface area contributed by atoms with E-state index in [1.807, 2.05) is 11.8 Å². The Labute approximate surface area is 107 Å². The Balaban J connectivity index is 1.91. The molecule has 1 amide bonds. The van der Waals surface area contributed by atoms with Crippen LogP contribution < -0.4 is 0 Å². The van der Waals surface area contributed by atoms with Crippen molar-refractivity contribution in [1.82, 2.24) is 9.80 Å². The zero-order valence-electron chi connectivity index (χ0n) is 10.5. The number of rotatable bonds is 3. The first kappa shape index (κ1) is 12.7. The largest absolute Gasteiger partial charge is 0.472 e. The summed E-state index contributed by atoms with van der Waals surface area (Å²) in [5, 5.41) is 9.02. The van der Waals surface area contributed by atoms with E-state index in [1.54, 1.807) is 6.07 Å². The summed E-state index contributed by atoms with van der Waals surface area (Å²) in [6.07, 6.45) is 3.80. The lowest BCUT2D eigenvalue weighted by atomic mass is 10.1. The molecular weight excluding hydrogens is 230 g/mol. The van der Waals surface area contributed by atoms with Crippen LogP contribution in [-0.4, -0.2) is 47.9 Å². The molecule has 1 aliphatic heterocycles. The summed E-state index contributed by atoms with van der Waals surface area (Å²) >= 11 is 0. The molecule has 0 aliphatic carbocycles. The minimum absolute atomic E-state index is 0.00778. The molecule has 96 valence electrons. The van der Waals surface area contributed by atoms with Gasteiger partial charge in [-0.05, 0) is 12.5 Å². The molecule has 0 saturated carbocycles. The van der Waals surface area contributed by atoms with Gasteiger partial charge >= 0.3 is 0 Å². The third-order valence-electron chi connectivity index (χ3n) is 3.35. The van der Waals surface area contributed by atoms with Crippen molar-refractivity contribution in [2.45, 2.75) is 19.4 Å². The van der Waals surface area contributed by atoms with Gasteiger partial charge in [-0.3, -0.25) is 9.69 Å². The Bertz CT molecular complexity index is 428. The molecule has 1 fully saturated rings. The fourth-order valence-corrected chi connectivity index (χ4v) is 2.24. The second-order valence-corrected chi connectivity index (χ2v) is 4.39. The second-order valence-electron chi connectivity index (χ2n) is 4.39. The van der Waals surface area contributed by atoms with Crippen LogP contribution in [0.1, 0.15) is 23.7 Å². The van der Waals surface area contributed by atoms with Crippen LogP contribution in [0.3, 0.4) is 0 Å². The first-order valence-electron chi connectivity index (χ1n) is 6.21. The van der Waals surface area contributed by atoms with E-state index in [0.29, 0.717) is 18.7 Å². The molecule has 1 aromatic rings. The number of hydrogen-bond donors (Lipinski definition) is 0. The van der Waals surface area contributed by atoms with E-state index in [2.05, 4.69) is 11.0 Å². The summed E-state index contributed by atoms with van der Waals surface area (Å²) in [5.41, 5.74) is 0.593. The third kappa shape index (κ3) is 2.54. The van der Waals surface area contributed by atoms with Crippen molar-refractivity contribution >= 4 is 5.91 Å². The quantitative estimate of drug-likeness (QED) is 0.808. The summed E-state index contributed by atoms with van der Waals surface area (Å²) in [6, 6.07) is 3.95. The van der Waals surface area contributed by atoms with Gasteiger partial charge in [-0.25, -0.2) is 0 Å². The average molecular weight is 247 g/mol. The Kier molecular flexibility index (Phi) is 4.00. The van der Waals surface area contributed by atoms with Crippen molar-refractivity contribution in [1.29, 1.82) is 5.26 Å². The SMILES string of the molecule is CCC(C#N)N1CCN(C(=O)c2ccoc2)CC1. The highest BCUT2D eigenvalue weighted by Crippen LogP contribution is 2.12. The maximum absolute atomic E-state index is 12.1. The number of nitrogens with zero attached hydrogens (tertiary/aromatic N) is 3. The van der Waals surface area contributed by atoms with Crippen LogP contribution in [0, 0.1) is 11.3 Å². The predicted octanol–water partition coefficient (Wildman–Crippen LogP) is 1.34. The molecule has 1 unspecified atom stereocenters. The van der Waals surface area contributed by atoms with E-state index in [0.717, 1.165) is 19.5 Å². The van der Waals surface area contributed by atoms with Crippen LogP contribution in [0.5, 0.6) is 0 Å². The lowest BCUT2D eigenvalue weighted by molar-refractivity contribution is 0.0604. The van der Waals surface area contributed by atoms with Gasteiger partial charge < -0.3 is 9.32 Å². The van der Waals surface area contributed by atoms with E-state index in [-0.39, 0.29) is 11.9 Å². The van der Waals surface area contributed by atoms with Crippen LogP contribution in [0.25, 0.3) is 0 Å². The Morgan fingerprint density at radius 2 is 2.22 bits per heavy atom. The van der Waals surface area contributed by atoms with E-state index < -0.39 is 0 Å². The molecule has 1 atom stereocenters. The summed E-state index contributed by atoms with van der Waals surface area (Å²) in [7, 11) is 0. The van der Waals surface area contributed by atoms with Gasteiger partial charge in [0.05, 0.1) is 23.9 Å². The third-order valence-corrected chi connectivity index (χ3v) is 3.35. The molecule has 1 aromatic heterocycles. The smallest absolute Gasteiger partial charge is 0.257 e. The van der Waals surface area contributed by atoms with Crippen LogP contribution in [-0.2, 0) is 0 Å². The molecular formula is C13H17N3O2. The molecule has 0 N–H and O–H groups in total. The predicted molar refractivity (Wildman–Crippen MR) is 65.9 cm³/mol. The normalized spacial score (nSPS) is 18.3. The lowest BCUT2D eigenvalue weighted by Gasteiger charge is -2.36. The second kappa shape index (κ2) is 5.69. The lowest BCUT2D eigenvalue weighted by Crippen LogP contribution is -2.51. The number of carbonyl (C=O) groups is 1. The number of carbonyl (C=O) groups excluding carboxylic acids is 1. The average Bonchev–Trinajstić information content (AvgIpc) is 2.94. The minimum atomic E-state index is -0.0313. The molecule has 2 heterocycles. The van der Waals surface area contributed by atoms with Crippen LogP contribution >= 0.6 is 0 Å². The van der Waals surface area contributed by atoms with Gasteiger partial charge in [0.1, 0.15) is 6.26 Å². The zero-order valence-corrected chi connectivity index (χ0v) is 10.5. The first-order valence-corrected chi connectivity index (χ1v) is 6.21. The van der Waals surface area contributed by atoms with Crippen molar-refractivity contribution in [2.75, 3.05) is 26.2 Å². The molecule has 0 spiro atoms. The molecule has 1 aliphatic rings. The summed E-state index contributed by atoms with van der Waals surface area (Å²) in [5.74, 6) is 0.00778. The molecule has 5 heteroatoms. The van der Waals surface area contributed by atoms with E-state index >= 15 is 0 Å². The highest BCUT2D eigenvalue weighted by atomic mass is 16.3. The fourth-order valence-electron chi connectivity index (χ4n) is 2.24. The number of nitriles is 1. The van der Waals surface area contributed by atoms with Crippen LogP contribution in [0.15, 0.2) is 23.0 Å². The van der Waals surface area contributed by atoms with Gasteiger partial charge in [-0.1, -0.05) is 6.92 Å². The molecule has 0 bridgehead atoms. The van der Waals surface area contributed by atoms with Crippen molar-refractivity contribution in [3.8, 4) is 6.07 Å². The number of hydrogen-bond acceptors (Lipinski definition) is 4. The Morgan fingerprint density at radius 1 is 1.50 bits per heavy atom. The minimum Gasteiger partial charge on any atom is -0.472 e. The standard InChI is InChI=1S/C13H17N3O2/c1-2-12(9-14)15-4-6-16(7-5-15)13(17)11-3-8-18-10-11/h3,8,10,12H,2,4-7H2,1H3. The van der Waals surface area contributed by atoms with Gasteiger partial charge in [0.2, 0.25) is 0 Å². The highest BCUT2D eigenvalue weighted by molar-refractivity contribution is 5.93. The number of piperazine rings is 1. The highest BCUT2D eigenvalue weighted by Gasteiger charge is 2.25. The van der Waals surface area contributed by atoms with Crippen molar-refractivity contribution in [3.63, 3.8) is 0 Å². The van der Waals surface area contributed by atoms with E-state index in [4.69, 9.17) is 9.68 Å². The molecule has 2 rings (SSSR count). The van der Waals surface area contributed by atoms with Crippen molar-refractivity contribution < 1.29 is 9.21 Å².